The Morgan fingerprint density at radius 2 is 1.42 bits per heavy atom. The zero-order chi connectivity index (χ0) is 49.5. The minimum atomic E-state index is -0.985. The quantitative estimate of drug-likeness (QED) is 0.0496. The lowest BCUT2D eigenvalue weighted by atomic mass is 9.82. The number of unbranched alkanes of at least 4 members (excludes halogenated alkanes) is 11. The molecule has 5 rings (SSSR count). The third-order valence-electron chi connectivity index (χ3n) is 13.0. The Balaban J connectivity index is 0.00000107. The number of amides is 3. The highest BCUT2D eigenvalue weighted by Gasteiger charge is 2.48. The van der Waals surface area contributed by atoms with E-state index < -0.39 is 51.7 Å². The Kier molecular flexibility index (Phi) is 24.0. The summed E-state index contributed by atoms with van der Waals surface area (Å²) in [4.78, 5) is 74.3. The number of carbonyl (C=O) groups excluding carboxylic acids is 4. The van der Waals surface area contributed by atoms with Crippen LogP contribution in [0.3, 0.4) is 0 Å². The molecule has 0 spiro atoms. The number of hydrogen-bond acceptors (Lipinski definition) is 8. The van der Waals surface area contributed by atoms with Crippen LogP contribution in [0.2, 0.25) is 0 Å². The summed E-state index contributed by atoms with van der Waals surface area (Å²) in [6.45, 7) is 14.3. The zero-order valence-electron chi connectivity index (χ0n) is 41.7. The smallest absolute Gasteiger partial charge is 0.344 e. The van der Waals surface area contributed by atoms with Gasteiger partial charge < -0.3 is 29.6 Å². The molecule has 0 saturated carbocycles. The standard InChI is InChI=1S/C45H58F2N4O6.C4H9NO.C4H10/c1-5-6-7-8-9-10-11-12-13-14-15-20-38(52)48-26-32-18-16-17-19-35(32)44(56)57-41-39-43(55)50-29-45(4,30(2)21-22-31(50)3)51(39)28-36(40(41)53)42(54)49-27-33-23-24-34(46)25-37(33)47;1-4(5-2)6-3;1-3-4-2/h16-19,23-25,28,30-31H,5-15,20-22,26-27,29H2,1-4H3,(H,48,52)(H,49,54);1-3H3;3-4H2,1-2H3. The van der Waals surface area contributed by atoms with E-state index >= 15 is 0 Å². The number of carbonyl (C=O) groups is 4. The number of aromatic nitrogens is 1. The van der Waals surface area contributed by atoms with Crippen molar-refractivity contribution in [2.24, 2.45) is 10.9 Å². The van der Waals surface area contributed by atoms with Crippen molar-refractivity contribution in [3.63, 3.8) is 0 Å². The topological polar surface area (TPSA) is 148 Å². The van der Waals surface area contributed by atoms with Crippen LogP contribution in [-0.4, -0.2) is 65.8 Å². The third-order valence-corrected chi connectivity index (χ3v) is 13.0. The molecule has 2 N–H and O–H groups in total. The summed E-state index contributed by atoms with van der Waals surface area (Å²) in [5.41, 5.74) is -1.77. The van der Waals surface area contributed by atoms with Crippen molar-refractivity contribution < 1.29 is 37.4 Å². The van der Waals surface area contributed by atoms with Gasteiger partial charge in [-0.2, -0.15) is 0 Å². The molecule has 2 aromatic carbocycles. The first kappa shape index (κ1) is 55.9. The van der Waals surface area contributed by atoms with Gasteiger partial charge in [0, 0.05) is 63.9 Å². The minimum absolute atomic E-state index is 0.00104. The fourth-order valence-corrected chi connectivity index (χ4v) is 8.07. The van der Waals surface area contributed by atoms with Crippen molar-refractivity contribution in [3.8, 4) is 5.75 Å². The van der Waals surface area contributed by atoms with Crippen LogP contribution in [0.1, 0.15) is 194 Å². The first-order chi connectivity index (χ1) is 32.1. The summed E-state index contributed by atoms with van der Waals surface area (Å²) < 4.78 is 40.1. The van der Waals surface area contributed by atoms with Gasteiger partial charge in [0.25, 0.3) is 11.8 Å². The van der Waals surface area contributed by atoms with E-state index in [9.17, 15) is 32.8 Å². The molecule has 12 nitrogen and oxygen atoms in total. The number of esters is 1. The second-order valence-corrected chi connectivity index (χ2v) is 18.0. The van der Waals surface area contributed by atoms with E-state index in [1.54, 1.807) is 48.7 Å². The van der Waals surface area contributed by atoms with E-state index in [0.29, 0.717) is 31.0 Å². The summed E-state index contributed by atoms with van der Waals surface area (Å²) in [7, 11) is 3.29. The Morgan fingerprint density at radius 3 is 2.00 bits per heavy atom. The number of methoxy groups -OCH3 is 1. The number of hydrogen-bond donors (Lipinski definition) is 2. The number of halogens is 2. The van der Waals surface area contributed by atoms with Crippen LogP contribution in [0, 0.1) is 17.6 Å². The zero-order valence-corrected chi connectivity index (χ0v) is 41.7. The highest BCUT2D eigenvalue weighted by atomic mass is 19.1. The largest absolute Gasteiger partial charge is 0.485 e. The molecular formula is C53H77F2N5O7. The van der Waals surface area contributed by atoms with Crippen LogP contribution < -0.4 is 20.8 Å². The number of pyridine rings is 1. The van der Waals surface area contributed by atoms with Crippen molar-refractivity contribution in [3.05, 3.63) is 98.5 Å². The predicted molar refractivity (Wildman–Crippen MR) is 262 cm³/mol. The minimum Gasteiger partial charge on any atom is -0.485 e. The van der Waals surface area contributed by atoms with Crippen molar-refractivity contribution >= 4 is 29.6 Å². The van der Waals surface area contributed by atoms with E-state index in [1.807, 2.05) is 20.8 Å². The molecule has 3 unspecified atom stereocenters. The van der Waals surface area contributed by atoms with Gasteiger partial charge in [-0.15, -0.1) is 0 Å². The number of ether oxygens (including phenoxy) is 2. The van der Waals surface area contributed by atoms with E-state index in [-0.39, 0.29) is 47.8 Å². The van der Waals surface area contributed by atoms with Gasteiger partial charge in [0.05, 0.1) is 18.2 Å². The molecule has 1 aromatic heterocycles. The number of benzene rings is 2. The number of nitrogens with zero attached hydrogens (tertiary/aromatic N) is 3. The molecule has 2 bridgehead atoms. The SMILES string of the molecule is CCCC.CCCCCCCCCCCCCC(=O)NCc1ccccc1C(=O)Oc1c2n(cc(C(=O)NCc3ccc(F)cc3F)c1=O)C1(C)CN(C2=O)C(C)CCC1C.CN=C(C)OC. The van der Waals surface area contributed by atoms with E-state index in [0.717, 1.165) is 37.6 Å². The molecule has 1 fully saturated rings. The molecular weight excluding hydrogens is 857 g/mol. The van der Waals surface area contributed by atoms with Crippen molar-refractivity contribution in [1.82, 2.24) is 20.1 Å². The Labute approximate surface area is 397 Å². The second kappa shape index (κ2) is 28.7. The molecule has 0 radical (unpaired) electrons. The van der Waals surface area contributed by atoms with Gasteiger partial charge in [-0.3, -0.25) is 24.2 Å². The average Bonchev–Trinajstić information content (AvgIpc) is 3.42. The van der Waals surface area contributed by atoms with Crippen molar-refractivity contribution in [1.29, 1.82) is 0 Å². The normalized spacial score (nSPS) is 17.4. The van der Waals surface area contributed by atoms with Crippen LogP contribution in [0.15, 0.2) is 58.4 Å². The Hall–Kier alpha value is -5.40. The lowest BCUT2D eigenvalue weighted by molar-refractivity contribution is -0.121. The average molecular weight is 934 g/mol. The maximum absolute atomic E-state index is 14.4. The molecule has 3 amide bonds. The summed E-state index contributed by atoms with van der Waals surface area (Å²) >= 11 is 0. The van der Waals surface area contributed by atoms with Crippen LogP contribution in [0.4, 0.5) is 8.78 Å². The van der Waals surface area contributed by atoms with Gasteiger partial charge in [-0.05, 0) is 56.7 Å². The first-order valence-electron chi connectivity index (χ1n) is 24.5. The van der Waals surface area contributed by atoms with Crippen molar-refractivity contribution in [2.75, 3.05) is 20.7 Å². The van der Waals surface area contributed by atoms with Gasteiger partial charge in [0.2, 0.25) is 17.1 Å². The molecule has 370 valence electrons. The van der Waals surface area contributed by atoms with Crippen molar-refractivity contribution in [2.45, 2.75) is 176 Å². The van der Waals surface area contributed by atoms with E-state index in [1.165, 1.54) is 82.5 Å². The van der Waals surface area contributed by atoms with Gasteiger partial charge in [-0.1, -0.05) is 129 Å². The highest BCUT2D eigenvalue weighted by molar-refractivity contribution is 6.01. The lowest BCUT2D eigenvalue weighted by Crippen LogP contribution is -2.56. The first-order valence-corrected chi connectivity index (χ1v) is 24.5. The fourth-order valence-electron chi connectivity index (χ4n) is 8.07. The highest BCUT2D eigenvalue weighted by Crippen LogP contribution is 2.42. The summed E-state index contributed by atoms with van der Waals surface area (Å²) in [5, 5.41) is 5.42. The molecule has 3 aromatic rings. The number of fused-ring (bicyclic) bond motifs is 4. The monoisotopic (exact) mass is 934 g/mol. The molecule has 1 saturated heterocycles. The van der Waals surface area contributed by atoms with E-state index in [4.69, 9.17) is 4.74 Å². The van der Waals surface area contributed by atoms with Gasteiger partial charge >= 0.3 is 5.97 Å². The van der Waals surface area contributed by atoms with Crippen LogP contribution in [-0.2, 0) is 28.2 Å². The fraction of sp³-hybridized carbons (Fsp3) is 0.585. The van der Waals surface area contributed by atoms with Gasteiger partial charge in [0.1, 0.15) is 17.2 Å². The molecule has 0 aliphatic carbocycles. The summed E-state index contributed by atoms with van der Waals surface area (Å²) in [6.07, 6.45) is 18.8. The summed E-state index contributed by atoms with van der Waals surface area (Å²) in [6, 6.07) is 9.34. The van der Waals surface area contributed by atoms with Gasteiger partial charge in [0.15, 0.2) is 11.6 Å². The molecule has 3 atom stereocenters. The lowest BCUT2D eigenvalue weighted by Gasteiger charge is -2.46. The van der Waals surface area contributed by atoms with Crippen LogP contribution >= 0.6 is 0 Å². The molecule has 2 aliphatic rings. The second-order valence-electron chi connectivity index (χ2n) is 18.0. The molecule has 2 aliphatic heterocycles. The molecule has 14 heteroatoms. The molecule has 3 heterocycles. The van der Waals surface area contributed by atoms with Gasteiger partial charge in [-0.25, -0.2) is 13.6 Å². The van der Waals surface area contributed by atoms with Crippen LogP contribution in [0.5, 0.6) is 5.75 Å². The predicted octanol–water partition coefficient (Wildman–Crippen LogP) is 11.1. The Bertz CT molecular complexity index is 2170. The number of aliphatic imine (C=N–C) groups is 1. The maximum atomic E-state index is 14.4. The molecule has 67 heavy (non-hydrogen) atoms. The van der Waals surface area contributed by atoms with E-state index in [2.05, 4.69) is 41.1 Å². The summed E-state index contributed by atoms with van der Waals surface area (Å²) in [5.74, 6) is -3.98. The maximum Gasteiger partial charge on any atom is 0.344 e. The Morgan fingerprint density at radius 1 is 0.806 bits per heavy atom. The third kappa shape index (κ3) is 16.4. The van der Waals surface area contributed by atoms with Crippen LogP contribution in [0.25, 0.3) is 0 Å². The number of rotatable bonds is 20. The number of nitrogens with one attached hydrogen (secondary N) is 2.